The van der Waals surface area contributed by atoms with Crippen molar-refractivity contribution in [1.29, 1.82) is 0 Å². The van der Waals surface area contributed by atoms with Gasteiger partial charge < -0.3 is 14.2 Å². The molecule has 1 aliphatic heterocycles. The largest absolute Gasteiger partial charge is 0.496 e. The molecule has 1 fully saturated rings. The fraction of sp³-hybridized carbons (Fsp3) is 0.647. The molecule has 0 saturated carbocycles. The lowest BCUT2D eigenvalue weighted by Gasteiger charge is -2.32. The van der Waals surface area contributed by atoms with Crippen molar-refractivity contribution in [2.24, 2.45) is 0 Å². The van der Waals surface area contributed by atoms with Crippen molar-refractivity contribution in [1.82, 2.24) is 0 Å². The van der Waals surface area contributed by atoms with Crippen molar-refractivity contribution >= 4 is 0 Å². The van der Waals surface area contributed by atoms with E-state index in [1.807, 2.05) is 0 Å². The van der Waals surface area contributed by atoms with Gasteiger partial charge >= 0.3 is 0 Å². The third-order valence-electron chi connectivity index (χ3n) is 3.87. The van der Waals surface area contributed by atoms with E-state index >= 15 is 0 Å². The van der Waals surface area contributed by atoms with Gasteiger partial charge in [-0.2, -0.15) is 0 Å². The maximum Gasteiger partial charge on any atom is 0.198 e. The maximum absolute atomic E-state index is 5.94. The van der Waals surface area contributed by atoms with Crippen molar-refractivity contribution < 1.29 is 14.2 Å². The highest BCUT2D eigenvalue weighted by molar-refractivity contribution is 5.50. The Morgan fingerprint density at radius 3 is 2.25 bits per heavy atom. The minimum absolute atomic E-state index is 0.0135. The summed E-state index contributed by atoms with van der Waals surface area (Å²) in [4.78, 5) is 0. The number of hydrogen-bond acceptors (Lipinski definition) is 3. The predicted molar refractivity (Wildman–Crippen MR) is 80.3 cm³/mol. The summed E-state index contributed by atoms with van der Waals surface area (Å²) in [5.74, 6) is 0.240. The summed E-state index contributed by atoms with van der Waals surface area (Å²) in [6, 6.07) is 4.32. The predicted octanol–water partition coefficient (Wildman–Crippen LogP) is 3.91. The van der Waals surface area contributed by atoms with E-state index in [9.17, 15) is 0 Å². The van der Waals surface area contributed by atoms with Crippen molar-refractivity contribution in [2.75, 3.05) is 20.3 Å². The first-order valence-corrected chi connectivity index (χ1v) is 7.31. The van der Waals surface area contributed by atoms with Crippen molar-refractivity contribution in [3.63, 3.8) is 0 Å². The van der Waals surface area contributed by atoms with E-state index in [1.165, 1.54) is 11.1 Å². The van der Waals surface area contributed by atoms with Gasteiger partial charge in [0, 0.05) is 12.0 Å². The molecule has 0 atom stereocenters. The second-order valence-corrected chi connectivity index (χ2v) is 6.45. The topological polar surface area (TPSA) is 27.7 Å². The van der Waals surface area contributed by atoms with Gasteiger partial charge in [-0.05, 0) is 18.4 Å². The molecule has 0 spiro atoms. The van der Waals surface area contributed by atoms with Crippen LogP contribution in [-0.2, 0) is 20.7 Å². The Hall–Kier alpha value is -1.06. The van der Waals surface area contributed by atoms with E-state index in [4.69, 9.17) is 14.2 Å². The first-order valence-electron chi connectivity index (χ1n) is 7.31. The molecule has 0 radical (unpaired) electrons. The molecule has 0 bridgehead atoms. The van der Waals surface area contributed by atoms with Crippen LogP contribution < -0.4 is 4.74 Å². The number of hydrogen-bond donors (Lipinski definition) is 0. The molecule has 1 heterocycles. The molecule has 2 rings (SSSR count). The Balaban J connectivity index is 2.66. The third kappa shape index (κ3) is 2.57. The van der Waals surface area contributed by atoms with Gasteiger partial charge in [-0.1, -0.05) is 39.3 Å². The summed E-state index contributed by atoms with van der Waals surface area (Å²) in [5, 5.41) is 0. The smallest absolute Gasteiger partial charge is 0.198 e. The van der Waals surface area contributed by atoms with E-state index < -0.39 is 5.79 Å². The van der Waals surface area contributed by atoms with Gasteiger partial charge in [-0.25, -0.2) is 0 Å². The van der Waals surface area contributed by atoms with Crippen LogP contribution in [0.3, 0.4) is 0 Å². The van der Waals surface area contributed by atoms with Gasteiger partial charge in [-0.15, -0.1) is 0 Å². The molecule has 3 nitrogen and oxygen atoms in total. The standard InChI is InChI=1S/C17H26O3/c1-7-17(19-8-9-20-17)14-11-12(2)10-13(15(14)18-6)16(3,4)5/h10-11H,7-9H2,1-6H3. The van der Waals surface area contributed by atoms with E-state index in [0.717, 1.165) is 17.7 Å². The molecule has 1 saturated heterocycles. The van der Waals surface area contributed by atoms with Crippen LogP contribution in [0.4, 0.5) is 0 Å². The summed E-state index contributed by atoms with van der Waals surface area (Å²) in [6.45, 7) is 12.1. The number of methoxy groups -OCH3 is 1. The molecular formula is C17H26O3. The molecule has 20 heavy (non-hydrogen) atoms. The maximum atomic E-state index is 5.94. The summed E-state index contributed by atoms with van der Waals surface area (Å²) in [5.41, 5.74) is 3.43. The zero-order chi connectivity index (χ0) is 15.0. The summed E-state index contributed by atoms with van der Waals surface area (Å²) in [6.07, 6.45) is 0.774. The van der Waals surface area contributed by atoms with Crippen LogP contribution in [0.1, 0.15) is 50.8 Å². The average molecular weight is 278 g/mol. The monoisotopic (exact) mass is 278 g/mol. The lowest BCUT2D eigenvalue weighted by molar-refractivity contribution is -0.168. The Bertz CT molecular complexity index is 480. The highest BCUT2D eigenvalue weighted by Crippen LogP contribution is 2.44. The van der Waals surface area contributed by atoms with Gasteiger partial charge in [0.2, 0.25) is 0 Å². The van der Waals surface area contributed by atoms with Gasteiger partial charge in [0.05, 0.1) is 25.9 Å². The SMILES string of the molecule is CCC1(c2cc(C)cc(C(C)(C)C)c2OC)OCCO1. The van der Waals surface area contributed by atoms with Crippen molar-refractivity contribution in [3.8, 4) is 5.75 Å². The highest BCUT2D eigenvalue weighted by atomic mass is 16.7. The Morgan fingerprint density at radius 2 is 1.80 bits per heavy atom. The van der Waals surface area contributed by atoms with Gasteiger partial charge in [0.25, 0.3) is 0 Å². The van der Waals surface area contributed by atoms with Gasteiger partial charge in [0.1, 0.15) is 5.75 Å². The molecule has 112 valence electrons. The van der Waals surface area contributed by atoms with Crippen LogP contribution in [0.5, 0.6) is 5.75 Å². The number of rotatable bonds is 3. The van der Waals surface area contributed by atoms with E-state index in [1.54, 1.807) is 7.11 Å². The average Bonchev–Trinajstić information content (AvgIpc) is 2.86. The van der Waals surface area contributed by atoms with Crippen LogP contribution in [0.25, 0.3) is 0 Å². The molecule has 1 aromatic carbocycles. The minimum Gasteiger partial charge on any atom is -0.496 e. The summed E-state index contributed by atoms with van der Waals surface area (Å²) < 4.78 is 17.6. The molecule has 0 amide bonds. The van der Waals surface area contributed by atoms with Gasteiger partial charge in [0.15, 0.2) is 5.79 Å². The molecule has 1 aliphatic rings. The first kappa shape index (κ1) is 15.3. The molecule has 1 aromatic rings. The van der Waals surface area contributed by atoms with Gasteiger partial charge in [-0.3, -0.25) is 0 Å². The van der Waals surface area contributed by atoms with Crippen LogP contribution in [0, 0.1) is 6.92 Å². The fourth-order valence-electron chi connectivity index (χ4n) is 2.84. The normalized spacial score (nSPS) is 18.3. The number of benzene rings is 1. The Morgan fingerprint density at radius 1 is 1.20 bits per heavy atom. The lowest BCUT2D eigenvalue weighted by atomic mass is 9.82. The zero-order valence-electron chi connectivity index (χ0n) is 13.5. The number of aryl methyl sites for hydroxylation is 1. The van der Waals surface area contributed by atoms with Crippen LogP contribution in [0.15, 0.2) is 12.1 Å². The van der Waals surface area contributed by atoms with E-state index in [0.29, 0.717) is 13.2 Å². The van der Waals surface area contributed by atoms with E-state index in [-0.39, 0.29) is 5.41 Å². The highest BCUT2D eigenvalue weighted by Gasteiger charge is 2.40. The van der Waals surface area contributed by atoms with E-state index in [2.05, 4.69) is 46.8 Å². The minimum atomic E-state index is -0.655. The Labute approximate surface area is 122 Å². The summed E-state index contributed by atoms with van der Waals surface area (Å²) in [7, 11) is 1.72. The first-order chi connectivity index (χ1) is 9.34. The fourth-order valence-corrected chi connectivity index (χ4v) is 2.84. The zero-order valence-corrected chi connectivity index (χ0v) is 13.5. The van der Waals surface area contributed by atoms with Crippen molar-refractivity contribution in [2.45, 2.75) is 52.2 Å². The van der Waals surface area contributed by atoms with Crippen molar-refractivity contribution in [3.05, 3.63) is 28.8 Å². The van der Waals surface area contributed by atoms with Crippen LogP contribution in [0.2, 0.25) is 0 Å². The van der Waals surface area contributed by atoms with Crippen LogP contribution >= 0.6 is 0 Å². The third-order valence-corrected chi connectivity index (χ3v) is 3.87. The molecular weight excluding hydrogens is 252 g/mol. The second kappa shape index (κ2) is 5.38. The molecule has 0 unspecified atom stereocenters. The lowest BCUT2D eigenvalue weighted by Crippen LogP contribution is -2.28. The molecule has 0 aromatic heterocycles. The Kier molecular flexibility index (Phi) is 4.12. The second-order valence-electron chi connectivity index (χ2n) is 6.45. The quantitative estimate of drug-likeness (QED) is 0.839. The molecule has 0 N–H and O–H groups in total. The molecule has 0 aliphatic carbocycles. The van der Waals surface area contributed by atoms with Crippen LogP contribution in [-0.4, -0.2) is 20.3 Å². The molecule has 3 heteroatoms. The summed E-state index contributed by atoms with van der Waals surface area (Å²) >= 11 is 0. The number of ether oxygens (including phenoxy) is 3.